The number of rotatable bonds is 4. The number of nitrogens with zero attached hydrogens (tertiary/aromatic N) is 7. The lowest BCUT2D eigenvalue weighted by atomic mass is 10.3. The summed E-state index contributed by atoms with van der Waals surface area (Å²) in [7, 11) is 1.27. The topological polar surface area (TPSA) is 119 Å². The van der Waals surface area contributed by atoms with Gasteiger partial charge in [0.25, 0.3) is 5.56 Å². The quantitative estimate of drug-likeness (QED) is 0.564. The Morgan fingerprint density at radius 1 is 1.13 bits per heavy atom. The predicted molar refractivity (Wildman–Crippen MR) is 106 cm³/mol. The highest BCUT2D eigenvalue weighted by Crippen LogP contribution is 2.13. The zero-order valence-corrected chi connectivity index (χ0v) is 17.0. The maximum atomic E-state index is 13.2. The first-order chi connectivity index (χ1) is 14.9. The second-order valence-corrected chi connectivity index (χ2v) is 7.03. The van der Waals surface area contributed by atoms with Gasteiger partial charge in [-0.05, 0) is 30.8 Å². The maximum absolute atomic E-state index is 13.2. The van der Waals surface area contributed by atoms with E-state index in [1.54, 1.807) is 4.90 Å². The molecule has 1 aromatic carbocycles. The van der Waals surface area contributed by atoms with Gasteiger partial charge in [-0.3, -0.25) is 14.2 Å². The fourth-order valence-corrected chi connectivity index (χ4v) is 3.27. The number of piperazine rings is 1. The molecule has 4 rings (SSSR count). The van der Waals surface area contributed by atoms with Crippen LogP contribution in [0.5, 0.6) is 0 Å². The van der Waals surface area contributed by atoms with Crippen LogP contribution in [0.4, 0.5) is 4.39 Å². The molecule has 0 unspecified atom stereocenters. The molecule has 0 N–H and O–H groups in total. The van der Waals surface area contributed by atoms with Crippen molar-refractivity contribution in [1.29, 1.82) is 0 Å². The number of aromatic nitrogens is 5. The van der Waals surface area contributed by atoms with Crippen molar-refractivity contribution in [3.05, 3.63) is 56.8 Å². The van der Waals surface area contributed by atoms with Gasteiger partial charge in [-0.1, -0.05) is 12.1 Å². The minimum atomic E-state index is -0.750. The number of amides is 1. The minimum absolute atomic E-state index is 0.216. The van der Waals surface area contributed by atoms with Gasteiger partial charge < -0.3 is 14.3 Å². The van der Waals surface area contributed by atoms with Crippen LogP contribution in [0, 0.1) is 5.82 Å². The Balaban J connectivity index is 1.67. The summed E-state index contributed by atoms with van der Waals surface area (Å²) >= 11 is 0. The molecule has 1 fully saturated rings. The number of carbonyl (C=O) groups excluding carboxylic acids is 1. The molecule has 1 amide bonds. The highest BCUT2D eigenvalue weighted by Gasteiger charge is 2.27. The van der Waals surface area contributed by atoms with Gasteiger partial charge >= 0.3 is 17.5 Å². The molecule has 0 spiro atoms. The van der Waals surface area contributed by atoms with E-state index < -0.39 is 23.0 Å². The molecule has 1 aliphatic heterocycles. The van der Waals surface area contributed by atoms with Gasteiger partial charge in [-0.2, -0.15) is 14.8 Å². The van der Waals surface area contributed by atoms with Gasteiger partial charge in [0.2, 0.25) is 5.82 Å². The highest BCUT2D eigenvalue weighted by atomic mass is 19.1. The second kappa shape index (κ2) is 8.22. The fraction of sp³-hybridized carbons (Fsp3) is 0.368. The Hall–Kier alpha value is -3.67. The summed E-state index contributed by atoms with van der Waals surface area (Å²) in [5.41, 5.74) is -1.50. The average Bonchev–Trinajstić information content (AvgIpc) is 3.28. The van der Waals surface area contributed by atoms with Crippen molar-refractivity contribution in [3.8, 4) is 17.2 Å². The van der Waals surface area contributed by atoms with E-state index in [1.165, 1.54) is 19.2 Å². The van der Waals surface area contributed by atoms with Gasteiger partial charge in [0, 0.05) is 33.2 Å². The molecule has 12 heteroatoms. The van der Waals surface area contributed by atoms with Crippen molar-refractivity contribution in [2.24, 2.45) is 7.05 Å². The van der Waals surface area contributed by atoms with Crippen LogP contribution in [0.25, 0.3) is 17.2 Å². The van der Waals surface area contributed by atoms with E-state index in [4.69, 9.17) is 4.52 Å². The van der Waals surface area contributed by atoms with Gasteiger partial charge in [-0.25, -0.2) is 9.18 Å². The van der Waals surface area contributed by atoms with E-state index in [1.807, 2.05) is 0 Å². The summed E-state index contributed by atoms with van der Waals surface area (Å²) in [5.74, 6) is -1.39. The van der Waals surface area contributed by atoms with Crippen molar-refractivity contribution in [2.45, 2.75) is 6.92 Å². The van der Waals surface area contributed by atoms with E-state index >= 15 is 0 Å². The van der Waals surface area contributed by atoms with Gasteiger partial charge in [0.15, 0.2) is 5.69 Å². The highest BCUT2D eigenvalue weighted by molar-refractivity contribution is 5.90. The number of carbonyl (C=O) groups is 1. The van der Waals surface area contributed by atoms with E-state index in [9.17, 15) is 18.8 Å². The molecule has 3 aromatic rings. The Morgan fingerprint density at radius 3 is 2.45 bits per heavy atom. The fourth-order valence-electron chi connectivity index (χ4n) is 3.27. The van der Waals surface area contributed by atoms with Crippen molar-refractivity contribution >= 4 is 5.91 Å². The van der Waals surface area contributed by atoms with E-state index in [-0.39, 0.29) is 23.1 Å². The van der Waals surface area contributed by atoms with Crippen LogP contribution >= 0.6 is 0 Å². The SMILES string of the molecule is CCN1CCN(C(=O)c2nc(-c3nn(-c4ccc(F)cc4)c(=O)n(C)c3=O)no2)CC1. The first-order valence-electron chi connectivity index (χ1n) is 9.71. The van der Waals surface area contributed by atoms with Crippen LogP contribution in [0.15, 0.2) is 38.4 Å². The maximum Gasteiger partial charge on any atom is 0.351 e. The molecule has 0 atom stereocenters. The van der Waals surface area contributed by atoms with Crippen LogP contribution in [0.1, 0.15) is 17.6 Å². The molecule has 162 valence electrons. The Morgan fingerprint density at radius 2 is 1.81 bits per heavy atom. The smallest absolute Gasteiger partial charge is 0.332 e. The van der Waals surface area contributed by atoms with Crippen molar-refractivity contribution in [3.63, 3.8) is 0 Å². The monoisotopic (exact) mass is 429 g/mol. The number of benzene rings is 1. The minimum Gasteiger partial charge on any atom is -0.332 e. The second-order valence-electron chi connectivity index (χ2n) is 7.03. The molecule has 1 aliphatic rings. The summed E-state index contributed by atoms with van der Waals surface area (Å²) in [6.45, 7) is 5.51. The van der Waals surface area contributed by atoms with Crippen LogP contribution in [-0.2, 0) is 7.05 Å². The summed E-state index contributed by atoms with van der Waals surface area (Å²) in [6.07, 6.45) is 0. The number of hydrogen-bond donors (Lipinski definition) is 0. The molecule has 31 heavy (non-hydrogen) atoms. The largest absolute Gasteiger partial charge is 0.351 e. The van der Waals surface area contributed by atoms with Gasteiger partial charge in [-0.15, -0.1) is 0 Å². The Kier molecular flexibility index (Phi) is 5.46. The molecule has 1 saturated heterocycles. The summed E-state index contributed by atoms with van der Waals surface area (Å²) in [6, 6.07) is 5.02. The summed E-state index contributed by atoms with van der Waals surface area (Å²) in [5, 5.41) is 7.76. The van der Waals surface area contributed by atoms with Gasteiger partial charge in [0.05, 0.1) is 5.69 Å². The molecule has 0 bridgehead atoms. The normalized spacial score (nSPS) is 14.7. The van der Waals surface area contributed by atoms with Gasteiger partial charge in [0.1, 0.15) is 5.82 Å². The van der Waals surface area contributed by atoms with E-state index in [0.717, 1.165) is 41.0 Å². The first-order valence-corrected chi connectivity index (χ1v) is 9.71. The summed E-state index contributed by atoms with van der Waals surface area (Å²) in [4.78, 5) is 45.6. The van der Waals surface area contributed by atoms with Crippen molar-refractivity contribution < 1.29 is 13.7 Å². The van der Waals surface area contributed by atoms with E-state index in [2.05, 4.69) is 27.1 Å². The zero-order valence-electron chi connectivity index (χ0n) is 17.0. The third-order valence-electron chi connectivity index (χ3n) is 5.17. The molecule has 0 saturated carbocycles. The van der Waals surface area contributed by atoms with Crippen LogP contribution < -0.4 is 11.2 Å². The number of halogens is 1. The molecule has 0 aliphatic carbocycles. The summed E-state index contributed by atoms with van der Waals surface area (Å²) < 4.78 is 20.1. The van der Waals surface area contributed by atoms with Crippen LogP contribution in [0.2, 0.25) is 0 Å². The lowest BCUT2D eigenvalue weighted by Gasteiger charge is -2.33. The van der Waals surface area contributed by atoms with Crippen LogP contribution in [-0.4, -0.2) is 72.9 Å². The third-order valence-corrected chi connectivity index (χ3v) is 5.17. The molecule has 0 radical (unpaired) electrons. The molecule has 2 aromatic heterocycles. The molecular weight excluding hydrogens is 409 g/mol. The Labute approximate surface area is 175 Å². The van der Waals surface area contributed by atoms with Crippen molar-refractivity contribution in [2.75, 3.05) is 32.7 Å². The molecular formula is C19H20FN7O4. The zero-order chi connectivity index (χ0) is 22.1. The Bertz CT molecular complexity index is 1220. The number of likely N-dealkylation sites (N-methyl/N-ethyl adjacent to an activating group) is 1. The first kappa shape index (κ1) is 20.6. The van der Waals surface area contributed by atoms with E-state index in [0.29, 0.717) is 13.1 Å². The standard InChI is InChI=1S/C19H20FN7O4/c1-3-25-8-10-26(11-9-25)18(29)16-21-15(23-31-16)14-17(28)24(2)19(30)27(22-14)13-6-4-12(20)5-7-13/h4-7H,3,8-11H2,1-2H3. The third kappa shape index (κ3) is 3.89. The molecule has 11 nitrogen and oxygen atoms in total. The van der Waals surface area contributed by atoms with Crippen LogP contribution in [0.3, 0.4) is 0 Å². The predicted octanol–water partition coefficient (Wildman–Crippen LogP) is -0.102. The average molecular weight is 429 g/mol. The lowest BCUT2D eigenvalue weighted by molar-refractivity contribution is 0.0595. The van der Waals surface area contributed by atoms with Crippen molar-refractivity contribution in [1.82, 2.24) is 34.3 Å². The lowest BCUT2D eigenvalue weighted by Crippen LogP contribution is -2.48. The number of hydrogen-bond acceptors (Lipinski definition) is 8. The molecule has 3 heterocycles.